The first kappa shape index (κ1) is 9.83. The number of β-amino-alcohol motifs (C(OH)–C–C–N with tert-alkyl or cyclic N) is 1. The number of rotatable bonds is 2. The molecule has 0 amide bonds. The Balaban J connectivity index is 2.10. The number of aliphatic hydroxyl groups is 1. The summed E-state index contributed by atoms with van der Waals surface area (Å²) in [5.74, 6) is 0. The van der Waals surface area contributed by atoms with Gasteiger partial charge in [0, 0.05) is 13.1 Å². The van der Waals surface area contributed by atoms with Crippen molar-refractivity contribution in [2.45, 2.75) is 17.4 Å². The third-order valence-electron chi connectivity index (χ3n) is 2.31. The SMILES string of the molecule is O=S(c1ccccc1)N1CCC(O)C1. The fraction of sp³-hybridized carbons (Fsp3) is 0.400. The van der Waals surface area contributed by atoms with Crippen LogP contribution in [-0.2, 0) is 11.0 Å². The zero-order valence-corrected chi connectivity index (χ0v) is 8.61. The summed E-state index contributed by atoms with van der Waals surface area (Å²) in [4.78, 5) is 0.807. The molecule has 1 aliphatic rings. The topological polar surface area (TPSA) is 40.5 Å². The molecule has 2 rings (SSSR count). The van der Waals surface area contributed by atoms with Gasteiger partial charge in [-0.1, -0.05) is 18.2 Å². The fourth-order valence-corrected chi connectivity index (χ4v) is 2.81. The average Bonchev–Trinajstić information content (AvgIpc) is 2.65. The average molecular weight is 211 g/mol. The van der Waals surface area contributed by atoms with Crippen LogP contribution in [0.15, 0.2) is 35.2 Å². The van der Waals surface area contributed by atoms with Crippen LogP contribution in [0.2, 0.25) is 0 Å². The summed E-state index contributed by atoms with van der Waals surface area (Å²) in [7, 11) is -1.11. The molecule has 1 aromatic carbocycles. The van der Waals surface area contributed by atoms with E-state index >= 15 is 0 Å². The van der Waals surface area contributed by atoms with Crippen molar-refractivity contribution in [1.82, 2.24) is 4.31 Å². The Morgan fingerprint density at radius 1 is 1.36 bits per heavy atom. The van der Waals surface area contributed by atoms with E-state index in [0.29, 0.717) is 13.1 Å². The lowest BCUT2D eigenvalue weighted by molar-refractivity contribution is 0.190. The van der Waals surface area contributed by atoms with Crippen LogP contribution in [-0.4, -0.2) is 32.8 Å². The van der Waals surface area contributed by atoms with Crippen molar-refractivity contribution < 1.29 is 9.32 Å². The van der Waals surface area contributed by atoms with E-state index in [-0.39, 0.29) is 6.10 Å². The monoisotopic (exact) mass is 211 g/mol. The highest BCUT2D eigenvalue weighted by molar-refractivity contribution is 7.82. The molecule has 1 fully saturated rings. The molecular weight excluding hydrogens is 198 g/mol. The van der Waals surface area contributed by atoms with Gasteiger partial charge < -0.3 is 5.11 Å². The van der Waals surface area contributed by atoms with Gasteiger partial charge in [0.1, 0.15) is 11.0 Å². The van der Waals surface area contributed by atoms with Gasteiger partial charge >= 0.3 is 0 Å². The lowest BCUT2D eigenvalue weighted by Crippen LogP contribution is -2.24. The largest absolute Gasteiger partial charge is 0.392 e. The number of nitrogens with zero attached hydrogens (tertiary/aromatic N) is 1. The van der Waals surface area contributed by atoms with Crippen LogP contribution in [0, 0.1) is 0 Å². The van der Waals surface area contributed by atoms with Gasteiger partial charge in [0.05, 0.1) is 11.0 Å². The fourth-order valence-electron chi connectivity index (χ4n) is 1.55. The second-order valence-corrected chi connectivity index (χ2v) is 4.88. The van der Waals surface area contributed by atoms with E-state index in [1.807, 2.05) is 30.3 Å². The number of hydrogen-bond donors (Lipinski definition) is 1. The highest BCUT2D eigenvalue weighted by Crippen LogP contribution is 2.16. The maximum Gasteiger partial charge on any atom is 0.127 e. The predicted octanol–water partition coefficient (Wildman–Crippen LogP) is 0.776. The van der Waals surface area contributed by atoms with Crippen LogP contribution in [0.3, 0.4) is 0 Å². The molecule has 0 saturated carbocycles. The van der Waals surface area contributed by atoms with Crippen molar-refractivity contribution in [3.63, 3.8) is 0 Å². The van der Waals surface area contributed by atoms with Crippen LogP contribution in [0.25, 0.3) is 0 Å². The number of hydrogen-bond acceptors (Lipinski definition) is 2. The van der Waals surface area contributed by atoms with Crippen molar-refractivity contribution >= 4 is 11.0 Å². The normalized spacial score (nSPS) is 25.1. The lowest BCUT2D eigenvalue weighted by Gasteiger charge is -2.13. The van der Waals surface area contributed by atoms with E-state index < -0.39 is 11.0 Å². The Labute approximate surface area is 85.9 Å². The standard InChI is InChI=1S/C10H13NO2S/c12-9-6-7-11(8-9)14(13)10-4-2-1-3-5-10/h1-5,9,12H,6-8H2. The molecule has 1 saturated heterocycles. The van der Waals surface area contributed by atoms with Crippen molar-refractivity contribution in [1.29, 1.82) is 0 Å². The highest BCUT2D eigenvalue weighted by atomic mass is 32.2. The number of benzene rings is 1. The minimum atomic E-state index is -1.11. The summed E-state index contributed by atoms with van der Waals surface area (Å²) < 4.78 is 13.7. The van der Waals surface area contributed by atoms with Crippen molar-refractivity contribution in [2.75, 3.05) is 13.1 Å². The maximum absolute atomic E-state index is 11.9. The Hall–Kier alpha value is -0.710. The summed E-state index contributed by atoms with van der Waals surface area (Å²) in [6.45, 7) is 1.23. The van der Waals surface area contributed by atoms with Crippen molar-refractivity contribution in [3.05, 3.63) is 30.3 Å². The van der Waals surface area contributed by atoms with Gasteiger partial charge in [0.15, 0.2) is 0 Å². The summed E-state index contributed by atoms with van der Waals surface area (Å²) in [6, 6.07) is 9.35. The summed E-state index contributed by atoms with van der Waals surface area (Å²) in [6.07, 6.45) is 0.404. The van der Waals surface area contributed by atoms with E-state index in [1.165, 1.54) is 0 Å². The molecular formula is C10H13NO2S. The molecule has 1 aliphatic heterocycles. The van der Waals surface area contributed by atoms with E-state index in [0.717, 1.165) is 11.3 Å². The molecule has 2 unspecified atom stereocenters. The first-order chi connectivity index (χ1) is 6.77. The summed E-state index contributed by atoms with van der Waals surface area (Å²) >= 11 is 0. The lowest BCUT2D eigenvalue weighted by atomic mass is 10.3. The molecule has 3 nitrogen and oxygen atoms in total. The van der Waals surface area contributed by atoms with Gasteiger partial charge in [-0.2, -0.15) is 0 Å². The van der Waals surface area contributed by atoms with Crippen LogP contribution in [0.4, 0.5) is 0 Å². The van der Waals surface area contributed by atoms with Gasteiger partial charge in [0.2, 0.25) is 0 Å². The molecule has 76 valence electrons. The van der Waals surface area contributed by atoms with Crippen LogP contribution < -0.4 is 0 Å². The molecule has 0 radical (unpaired) electrons. The van der Waals surface area contributed by atoms with Gasteiger partial charge in [-0.05, 0) is 18.6 Å². The second kappa shape index (κ2) is 4.21. The van der Waals surface area contributed by atoms with Crippen molar-refractivity contribution in [2.24, 2.45) is 0 Å². The van der Waals surface area contributed by atoms with E-state index in [1.54, 1.807) is 4.31 Å². The molecule has 1 heterocycles. The van der Waals surface area contributed by atoms with Crippen LogP contribution in [0.1, 0.15) is 6.42 Å². The summed E-state index contributed by atoms with van der Waals surface area (Å²) in [5, 5.41) is 9.32. The molecule has 2 atom stereocenters. The van der Waals surface area contributed by atoms with Gasteiger partial charge in [-0.3, -0.25) is 0 Å². The van der Waals surface area contributed by atoms with Crippen LogP contribution in [0.5, 0.6) is 0 Å². The first-order valence-electron chi connectivity index (χ1n) is 4.67. The minimum Gasteiger partial charge on any atom is -0.392 e. The second-order valence-electron chi connectivity index (χ2n) is 3.39. The Morgan fingerprint density at radius 2 is 2.07 bits per heavy atom. The Kier molecular flexibility index (Phi) is 2.96. The smallest absolute Gasteiger partial charge is 0.127 e. The highest BCUT2D eigenvalue weighted by Gasteiger charge is 2.25. The molecule has 0 spiro atoms. The zero-order chi connectivity index (χ0) is 9.97. The molecule has 4 heteroatoms. The van der Waals surface area contributed by atoms with Crippen molar-refractivity contribution in [3.8, 4) is 0 Å². The zero-order valence-electron chi connectivity index (χ0n) is 7.80. The summed E-state index contributed by atoms with van der Waals surface area (Å²) in [5.41, 5.74) is 0. The van der Waals surface area contributed by atoms with Gasteiger partial charge in [0.25, 0.3) is 0 Å². The first-order valence-corrected chi connectivity index (χ1v) is 5.78. The maximum atomic E-state index is 11.9. The molecule has 0 bridgehead atoms. The minimum absolute atomic E-state index is 0.317. The Morgan fingerprint density at radius 3 is 2.64 bits per heavy atom. The molecule has 0 aliphatic carbocycles. The Bertz CT molecular complexity index is 328. The third kappa shape index (κ3) is 2.03. The molecule has 1 aromatic rings. The van der Waals surface area contributed by atoms with Gasteiger partial charge in [-0.25, -0.2) is 8.51 Å². The van der Waals surface area contributed by atoms with E-state index in [2.05, 4.69) is 0 Å². The third-order valence-corrected chi connectivity index (χ3v) is 3.78. The number of aliphatic hydroxyl groups excluding tert-OH is 1. The van der Waals surface area contributed by atoms with E-state index in [9.17, 15) is 9.32 Å². The molecule has 14 heavy (non-hydrogen) atoms. The molecule has 0 aromatic heterocycles. The molecule has 1 N–H and O–H groups in total. The van der Waals surface area contributed by atoms with E-state index in [4.69, 9.17) is 0 Å². The van der Waals surface area contributed by atoms with Crippen LogP contribution >= 0.6 is 0 Å². The quantitative estimate of drug-likeness (QED) is 0.785. The predicted molar refractivity (Wildman–Crippen MR) is 55.0 cm³/mol. The van der Waals surface area contributed by atoms with Gasteiger partial charge in [-0.15, -0.1) is 0 Å².